The molecule has 2 rings (SSSR count). The van der Waals surface area contributed by atoms with E-state index in [2.05, 4.69) is 37.0 Å². The van der Waals surface area contributed by atoms with Gasteiger partial charge in [0.05, 0.1) is 0 Å². The molecule has 0 radical (unpaired) electrons. The molecule has 0 N–H and O–H groups in total. The molecule has 0 aliphatic rings. The van der Waals surface area contributed by atoms with E-state index in [1.807, 2.05) is 12.4 Å². The minimum atomic E-state index is 1.07. The summed E-state index contributed by atoms with van der Waals surface area (Å²) in [5, 5.41) is 2.59. The number of benzene rings is 1. The lowest BCUT2D eigenvalue weighted by atomic mass is 10.0. The van der Waals surface area contributed by atoms with Crippen LogP contribution in [-0.4, -0.2) is 4.98 Å². The zero-order chi connectivity index (χ0) is 9.26. The molecule has 0 atom stereocenters. The van der Waals surface area contributed by atoms with Gasteiger partial charge in [0.25, 0.3) is 0 Å². The van der Waals surface area contributed by atoms with Gasteiger partial charge in [-0.3, -0.25) is 4.98 Å². The van der Waals surface area contributed by atoms with E-state index in [-0.39, 0.29) is 0 Å². The molecule has 0 amide bonds. The van der Waals surface area contributed by atoms with E-state index in [4.69, 9.17) is 0 Å². The Morgan fingerprint density at radius 3 is 2.92 bits per heavy atom. The lowest BCUT2D eigenvalue weighted by molar-refractivity contribution is 1.15. The second kappa shape index (κ2) is 3.17. The van der Waals surface area contributed by atoms with E-state index >= 15 is 0 Å². The summed E-state index contributed by atoms with van der Waals surface area (Å²) in [6.45, 7) is 4.32. The molecule has 0 spiro atoms. The summed E-state index contributed by atoms with van der Waals surface area (Å²) in [4.78, 5) is 4.15. The summed E-state index contributed by atoms with van der Waals surface area (Å²) in [6.07, 6.45) is 4.87. The maximum absolute atomic E-state index is 4.15. The van der Waals surface area contributed by atoms with Crippen molar-refractivity contribution >= 4 is 10.8 Å². The molecule has 1 heteroatoms. The Morgan fingerprint density at radius 1 is 1.31 bits per heavy atom. The largest absolute Gasteiger partial charge is 0.264 e. The lowest BCUT2D eigenvalue weighted by Crippen LogP contribution is -1.86. The molecule has 0 bridgehead atoms. The predicted octanol–water partition coefficient (Wildman–Crippen LogP) is 3.11. The Kier molecular flexibility index (Phi) is 2.01. The maximum atomic E-state index is 4.15. The van der Waals surface area contributed by atoms with Crippen molar-refractivity contribution in [2.24, 2.45) is 0 Å². The highest BCUT2D eigenvalue weighted by molar-refractivity contribution is 5.85. The third kappa shape index (κ3) is 1.42. The molecule has 0 fully saturated rings. The Hall–Kier alpha value is -1.37. The fourth-order valence-corrected chi connectivity index (χ4v) is 1.73. The van der Waals surface area contributed by atoms with Crippen LogP contribution < -0.4 is 0 Å². The van der Waals surface area contributed by atoms with Gasteiger partial charge in [0.2, 0.25) is 0 Å². The van der Waals surface area contributed by atoms with Crippen LogP contribution in [0.15, 0.2) is 30.6 Å². The first-order valence-electron chi connectivity index (χ1n) is 4.64. The van der Waals surface area contributed by atoms with Crippen molar-refractivity contribution in [2.45, 2.75) is 20.3 Å². The fraction of sp³-hybridized carbons (Fsp3) is 0.250. The van der Waals surface area contributed by atoms with Gasteiger partial charge < -0.3 is 0 Å². The van der Waals surface area contributed by atoms with Crippen molar-refractivity contribution in [3.05, 3.63) is 41.7 Å². The molecule has 1 aromatic carbocycles. The molecule has 0 saturated heterocycles. The van der Waals surface area contributed by atoms with Gasteiger partial charge >= 0.3 is 0 Å². The minimum Gasteiger partial charge on any atom is -0.264 e. The van der Waals surface area contributed by atoms with Gasteiger partial charge in [0.1, 0.15) is 0 Å². The molecule has 0 saturated carbocycles. The maximum Gasteiger partial charge on any atom is 0.0349 e. The van der Waals surface area contributed by atoms with Crippen LogP contribution in [0.3, 0.4) is 0 Å². The Labute approximate surface area is 78.4 Å². The second-order valence-electron chi connectivity index (χ2n) is 3.37. The van der Waals surface area contributed by atoms with E-state index in [0.717, 1.165) is 6.42 Å². The zero-order valence-corrected chi connectivity index (χ0v) is 8.04. The number of hydrogen-bond donors (Lipinski definition) is 0. The highest BCUT2D eigenvalue weighted by atomic mass is 14.6. The van der Waals surface area contributed by atoms with Crippen LogP contribution in [0.2, 0.25) is 0 Å². The summed E-state index contributed by atoms with van der Waals surface area (Å²) >= 11 is 0. The number of nitrogens with zero attached hydrogens (tertiary/aromatic N) is 1. The molecular formula is C12H13N. The van der Waals surface area contributed by atoms with Crippen molar-refractivity contribution in [1.82, 2.24) is 4.98 Å². The molecule has 1 heterocycles. The fourth-order valence-electron chi connectivity index (χ4n) is 1.73. The van der Waals surface area contributed by atoms with Gasteiger partial charge in [0, 0.05) is 17.8 Å². The molecule has 13 heavy (non-hydrogen) atoms. The number of fused-ring (bicyclic) bond motifs is 1. The van der Waals surface area contributed by atoms with E-state index in [0.29, 0.717) is 0 Å². The Balaban J connectivity index is 2.81. The Bertz CT molecular complexity index is 432. The first-order chi connectivity index (χ1) is 6.31. The van der Waals surface area contributed by atoms with Crippen molar-refractivity contribution in [3.8, 4) is 0 Å². The number of pyridine rings is 1. The van der Waals surface area contributed by atoms with Gasteiger partial charge in [-0.15, -0.1) is 0 Å². The monoisotopic (exact) mass is 171 g/mol. The summed E-state index contributed by atoms with van der Waals surface area (Å²) in [5.41, 5.74) is 2.72. The summed E-state index contributed by atoms with van der Waals surface area (Å²) < 4.78 is 0. The quantitative estimate of drug-likeness (QED) is 0.642. The third-order valence-corrected chi connectivity index (χ3v) is 2.37. The van der Waals surface area contributed by atoms with Gasteiger partial charge in [-0.2, -0.15) is 0 Å². The molecule has 0 aliphatic heterocycles. The SMILES string of the molecule is CCc1cc(C)cc2ccncc12. The van der Waals surface area contributed by atoms with Crippen molar-refractivity contribution < 1.29 is 0 Å². The van der Waals surface area contributed by atoms with Crippen LogP contribution in [0.4, 0.5) is 0 Å². The topological polar surface area (TPSA) is 12.9 Å². The van der Waals surface area contributed by atoms with E-state index in [1.54, 1.807) is 0 Å². The molecule has 1 aromatic heterocycles. The molecule has 2 aromatic rings. The zero-order valence-electron chi connectivity index (χ0n) is 8.04. The van der Waals surface area contributed by atoms with E-state index in [9.17, 15) is 0 Å². The number of hydrogen-bond acceptors (Lipinski definition) is 1. The Morgan fingerprint density at radius 2 is 2.15 bits per heavy atom. The summed E-state index contributed by atoms with van der Waals surface area (Å²) in [7, 11) is 0. The predicted molar refractivity (Wildman–Crippen MR) is 55.9 cm³/mol. The van der Waals surface area contributed by atoms with Crippen LogP contribution in [0.1, 0.15) is 18.1 Å². The van der Waals surface area contributed by atoms with Crippen LogP contribution in [0.25, 0.3) is 10.8 Å². The van der Waals surface area contributed by atoms with Crippen molar-refractivity contribution in [3.63, 3.8) is 0 Å². The van der Waals surface area contributed by atoms with Crippen LogP contribution in [0.5, 0.6) is 0 Å². The van der Waals surface area contributed by atoms with Crippen LogP contribution >= 0.6 is 0 Å². The third-order valence-electron chi connectivity index (χ3n) is 2.37. The molecule has 1 nitrogen and oxygen atoms in total. The standard InChI is InChI=1S/C12H13N/c1-3-10-6-9(2)7-11-4-5-13-8-12(10)11/h4-8H,3H2,1-2H3. The van der Waals surface area contributed by atoms with Crippen molar-refractivity contribution in [1.29, 1.82) is 0 Å². The summed E-state index contributed by atoms with van der Waals surface area (Å²) in [6, 6.07) is 6.52. The second-order valence-corrected chi connectivity index (χ2v) is 3.37. The molecule has 66 valence electrons. The summed E-state index contributed by atoms with van der Waals surface area (Å²) in [5.74, 6) is 0. The van der Waals surface area contributed by atoms with Crippen LogP contribution in [-0.2, 0) is 6.42 Å². The van der Waals surface area contributed by atoms with Gasteiger partial charge in [0.15, 0.2) is 0 Å². The normalized spacial score (nSPS) is 10.6. The highest BCUT2D eigenvalue weighted by Gasteiger charge is 1.99. The smallest absolute Gasteiger partial charge is 0.0349 e. The number of aryl methyl sites for hydroxylation is 2. The molecular weight excluding hydrogens is 158 g/mol. The number of aromatic nitrogens is 1. The van der Waals surface area contributed by atoms with Gasteiger partial charge in [-0.05, 0) is 30.4 Å². The average Bonchev–Trinajstić information content (AvgIpc) is 2.16. The molecule has 0 aliphatic carbocycles. The van der Waals surface area contributed by atoms with E-state index in [1.165, 1.54) is 21.9 Å². The van der Waals surface area contributed by atoms with Crippen molar-refractivity contribution in [2.75, 3.05) is 0 Å². The van der Waals surface area contributed by atoms with Crippen LogP contribution in [0, 0.1) is 6.92 Å². The number of rotatable bonds is 1. The highest BCUT2D eigenvalue weighted by Crippen LogP contribution is 2.19. The molecule has 0 unspecified atom stereocenters. The lowest BCUT2D eigenvalue weighted by Gasteiger charge is -2.04. The first kappa shape index (κ1) is 8.24. The van der Waals surface area contributed by atoms with Gasteiger partial charge in [-0.25, -0.2) is 0 Å². The van der Waals surface area contributed by atoms with Gasteiger partial charge in [-0.1, -0.05) is 24.6 Å². The first-order valence-corrected chi connectivity index (χ1v) is 4.64. The average molecular weight is 171 g/mol. The minimum absolute atomic E-state index is 1.07. The van der Waals surface area contributed by atoms with E-state index < -0.39 is 0 Å².